The van der Waals surface area contributed by atoms with E-state index in [0.717, 1.165) is 5.56 Å². The Bertz CT molecular complexity index is 340. The number of benzene rings is 1. The third-order valence-corrected chi connectivity index (χ3v) is 2.51. The highest BCUT2D eigenvalue weighted by molar-refractivity contribution is 5.18. The van der Waals surface area contributed by atoms with Crippen molar-refractivity contribution in [3.63, 3.8) is 0 Å². The molecule has 15 heavy (non-hydrogen) atoms. The van der Waals surface area contributed by atoms with Crippen LogP contribution in [0.2, 0.25) is 0 Å². The molecule has 3 nitrogen and oxygen atoms in total. The quantitative estimate of drug-likeness (QED) is 0.823. The lowest BCUT2D eigenvalue weighted by Crippen LogP contribution is -2.30. The first-order chi connectivity index (χ1) is 7.20. The molecule has 1 unspecified atom stereocenters. The molecule has 0 aliphatic carbocycles. The first kappa shape index (κ1) is 10.1. The monoisotopic (exact) mass is 205 g/mol. The van der Waals surface area contributed by atoms with Crippen LogP contribution in [0.25, 0.3) is 0 Å². The fourth-order valence-electron chi connectivity index (χ4n) is 1.68. The largest absolute Gasteiger partial charge is 0.457 e. The molecule has 0 amide bonds. The normalized spacial score (nSPS) is 19.3. The number of nitrogens with two attached hydrogens (primary N) is 1. The minimum Gasteiger partial charge on any atom is -0.457 e. The molecule has 2 N–H and O–H groups in total. The Balaban J connectivity index is 2.01. The molecule has 1 atom stereocenters. The highest BCUT2D eigenvalue weighted by Crippen LogP contribution is 2.29. The highest BCUT2D eigenvalue weighted by Gasteiger charge is 2.32. The minimum absolute atomic E-state index is 0.0731. The summed E-state index contributed by atoms with van der Waals surface area (Å²) in [6.07, 6.45) is 3.74. The van der Waals surface area contributed by atoms with Gasteiger partial charge in [-0.3, -0.25) is 0 Å². The van der Waals surface area contributed by atoms with Crippen molar-refractivity contribution < 1.29 is 9.47 Å². The average molecular weight is 205 g/mol. The van der Waals surface area contributed by atoms with Gasteiger partial charge in [0.15, 0.2) is 0 Å². The summed E-state index contributed by atoms with van der Waals surface area (Å²) in [5.74, 6) is -0.616. The molecule has 80 valence electrons. The van der Waals surface area contributed by atoms with Crippen molar-refractivity contribution in [3.8, 4) is 0 Å². The maximum Gasteiger partial charge on any atom is 0.248 e. The maximum atomic E-state index is 6.07. The van der Waals surface area contributed by atoms with Gasteiger partial charge in [-0.1, -0.05) is 30.3 Å². The maximum absolute atomic E-state index is 6.07. The molecule has 0 spiro atoms. The van der Waals surface area contributed by atoms with Crippen molar-refractivity contribution in [2.24, 2.45) is 5.73 Å². The van der Waals surface area contributed by atoms with Crippen LogP contribution in [0.4, 0.5) is 0 Å². The van der Waals surface area contributed by atoms with Crippen molar-refractivity contribution in [1.82, 2.24) is 0 Å². The van der Waals surface area contributed by atoms with Gasteiger partial charge in [-0.15, -0.1) is 0 Å². The van der Waals surface area contributed by atoms with E-state index in [0.29, 0.717) is 6.42 Å². The van der Waals surface area contributed by atoms with Crippen molar-refractivity contribution in [2.45, 2.75) is 25.2 Å². The second kappa shape index (κ2) is 3.95. The van der Waals surface area contributed by atoms with Crippen molar-refractivity contribution in [1.29, 1.82) is 0 Å². The van der Waals surface area contributed by atoms with E-state index in [9.17, 15) is 0 Å². The molecular formula is C12H15NO2. The fraction of sp³-hybridized carbons (Fsp3) is 0.333. The van der Waals surface area contributed by atoms with E-state index in [4.69, 9.17) is 15.2 Å². The summed E-state index contributed by atoms with van der Waals surface area (Å²) in [5.41, 5.74) is 7.17. The van der Waals surface area contributed by atoms with E-state index in [1.807, 2.05) is 37.3 Å². The van der Waals surface area contributed by atoms with Crippen LogP contribution in [0.3, 0.4) is 0 Å². The van der Waals surface area contributed by atoms with Gasteiger partial charge >= 0.3 is 0 Å². The topological polar surface area (TPSA) is 44.5 Å². The molecule has 0 fully saturated rings. The molecule has 1 heterocycles. The van der Waals surface area contributed by atoms with Crippen molar-refractivity contribution >= 4 is 0 Å². The standard InChI is InChI=1S/C12H15NO2/c1-12(14-7-8-15-12)9-11(13)10-5-3-2-4-6-10/h2-8,11H,9,13H2,1H3. The van der Waals surface area contributed by atoms with Crippen LogP contribution >= 0.6 is 0 Å². The Morgan fingerprint density at radius 1 is 1.20 bits per heavy atom. The first-order valence-electron chi connectivity index (χ1n) is 5.01. The van der Waals surface area contributed by atoms with Crippen LogP contribution in [0.15, 0.2) is 42.9 Å². The molecule has 1 aliphatic heterocycles. The van der Waals surface area contributed by atoms with Gasteiger partial charge in [0.1, 0.15) is 12.5 Å². The summed E-state index contributed by atoms with van der Waals surface area (Å²) in [4.78, 5) is 0. The lowest BCUT2D eigenvalue weighted by atomic mass is 10.0. The number of ether oxygens (including phenoxy) is 2. The summed E-state index contributed by atoms with van der Waals surface area (Å²) >= 11 is 0. The minimum atomic E-state index is -0.616. The zero-order valence-electron chi connectivity index (χ0n) is 8.72. The fourth-order valence-corrected chi connectivity index (χ4v) is 1.68. The van der Waals surface area contributed by atoms with E-state index in [1.54, 1.807) is 12.5 Å². The summed E-state index contributed by atoms with van der Waals surface area (Å²) < 4.78 is 10.7. The van der Waals surface area contributed by atoms with Crippen molar-refractivity contribution in [3.05, 3.63) is 48.4 Å². The SMILES string of the molecule is CC1(CC(N)c2ccccc2)OC=CO1. The van der Waals surface area contributed by atoms with E-state index in [-0.39, 0.29) is 6.04 Å². The summed E-state index contributed by atoms with van der Waals surface area (Å²) in [6, 6.07) is 9.88. The summed E-state index contributed by atoms with van der Waals surface area (Å²) in [7, 11) is 0. The van der Waals surface area contributed by atoms with Crippen LogP contribution in [-0.2, 0) is 9.47 Å². The predicted molar refractivity (Wildman–Crippen MR) is 57.7 cm³/mol. The predicted octanol–water partition coefficient (Wildman–Crippen LogP) is 2.31. The smallest absolute Gasteiger partial charge is 0.248 e. The second-order valence-corrected chi connectivity index (χ2v) is 3.86. The Morgan fingerprint density at radius 2 is 1.80 bits per heavy atom. The van der Waals surface area contributed by atoms with Crippen LogP contribution < -0.4 is 5.73 Å². The van der Waals surface area contributed by atoms with E-state index < -0.39 is 5.79 Å². The van der Waals surface area contributed by atoms with E-state index in [2.05, 4.69) is 0 Å². The molecule has 0 bridgehead atoms. The third-order valence-electron chi connectivity index (χ3n) is 2.51. The van der Waals surface area contributed by atoms with E-state index in [1.165, 1.54) is 0 Å². The Labute approximate surface area is 89.5 Å². The molecule has 2 rings (SSSR count). The molecule has 0 saturated carbocycles. The zero-order valence-corrected chi connectivity index (χ0v) is 8.72. The van der Waals surface area contributed by atoms with Gasteiger partial charge in [-0.2, -0.15) is 0 Å². The van der Waals surface area contributed by atoms with Gasteiger partial charge in [-0.05, 0) is 5.56 Å². The molecule has 0 radical (unpaired) electrons. The van der Waals surface area contributed by atoms with Crippen LogP contribution in [0.1, 0.15) is 24.9 Å². The van der Waals surface area contributed by atoms with Crippen LogP contribution in [0.5, 0.6) is 0 Å². The summed E-state index contributed by atoms with van der Waals surface area (Å²) in [6.45, 7) is 1.88. The molecule has 1 aromatic carbocycles. The van der Waals surface area contributed by atoms with E-state index >= 15 is 0 Å². The average Bonchev–Trinajstić information content (AvgIpc) is 2.66. The molecule has 1 aromatic rings. The number of rotatable bonds is 3. The van der Waals surface area contributed by atoms with Crippen LogP contribution in [0, 0.1) is 0 Å². The summed E-state index contributed by atoms with van der Waals surface area (Å²) in [5, 5.41) is 0. The third kappa shape index (κ3) is 2.30. The van der Waals surface area contributed by atoms with Gasteiger partial charge in [-0.25, -0.2) is 0 Å². The lowest BCUT2D eigenvalue weighted by Gasteiger charge is -2.26. The van der Waals surface area contributed by atoms with Gasteiger partial charge < -0.3 is 15.2 Å². The van der Waals surface area contributed by atoms with Gasteiger partial charge in [0, 0.05) is 19.4 Å². The van der Waals surface area contributed by atoms with Crippen LogP contribution in [-0.4, -0.2) is 5.79 Å². The Morgan fingerprint density at radius 3 is 2.40 bits per heavy atom. The van der Waals surface area contributed by atoms with Crippen molar-refractivity contribution in [2.75, 3.05) is 0 Å². The molecule has 1 aliphatic rings. The van der Waals surface area contributed by atoms with Gasteiger partial charge in [0.05, 0.1) is 0 Å². The number of hydrogen-bond donors (Lipinski definition) is 1. The Hall–Kier alpha value is -1.48. The number of hydrogen-bond acceptors (Lipinski definition) is 3. The van der Waals surface area contributed by atoms with Gasteiger partial charge in [0.2, 0.25) is 5.79 Å². The highest BCUT2D eigenvalue weighted by atomic mass is 16.7. The van der Waals surface area contributed by atoms with Gasteiger partial charge in [0.25, 0.3) is 0 Å². The zero-order chi connectivity index (χ0) is 10.7. The Kier molecular flexibility index (Phi) is 2.64. The molecule has 0 saturated heterocycles. The second-order valence-electron chi connectivity index (χ2n) is 3.86. The lowest BCUT2D eigenvalue weighted by molar-refractivity contribution is -0.134. The molecular weight excluding hydrogens is 190 g/mol. The first-order valence-corrected chi connectivity index (χ1v) is 5.01. The molecule has 0 aromatic heterocycles. The molecule has 3 heteroatoms.